The van der Waals surface area contributed by atoms with Gasteiger partial charge in [0.05, 0.1) is 13.2 Å². The number of fused-ring (bicyclic) bond motifs is 3. The molecule has 0 heterocycles. The van der Waals surface area contributed by atoms with Crippen LogP contribution < -0.4 is 19.3 Å². The molecule has 0 aliphatic heterocycles. The van der Waals surface area contributed by atoms with Crippen LogP contribution in [0.1, 0.15) is 62.8 Å². The Hall–Kier alpha value is -5.48. The SMILES string of the molecule is CCOc1cccc(N(c2cccc(OCC)c2)c2ccc3c(c2)C(CC)(CC)c2cc(N(c4cccc(C)c4)c4cccc(C)c4)ccc2-3)c1. The summed E-state index contributed by atoms with van der Waals surface area (Å²) in [4.78, 5) is 4.73. The van der Waals surface area contributed by atoms with Crippen LogP contribution in [0.25, 0.3) is 11.1 Å². The highest BCUT2D eigenvalue weighted by Gasteiger charge is 2.41. The molecule has 0 fully saturated rings. The molecule has 0 unspecified atom stereocenters. The summed E-state index contributed by atoms with van der Waals surface area (Å²) in [5.74, 6) is 1.70. The van der Waals surface area contributed by atoms with E-state index in [1.54, 1.807) is 0 Å². The largest absolute Gasteiger partial charge is 0.494 e. The van der Waals surface area contributed by atoms with Crippen molar-refractivity contribution in [3.63, 3.8) is 0 Å². The summed E-state index contributed by atoms with van der Waals surface area (Å²) in [5.41, 5.74) is 14.4. The molecule has 6 aromatic carbocycles. The molecule has 0 radical (unpaired) electrons. The zero-order valence-electron chi connectivity index (χ0n) is 30.7. The standard InChI is InChI=1S/C47H48N2O2/c1-7-47(8-2)45-31-39(48(35-17-11-15-33(5)27-35)36-18-12-16-34(6)28-36)23-25-43(45)44-26-24-40(32-46(44)47)49(37-19-13-21-41(29-37)50-9-3)38-20-14-22-42(30-38)51-10-4/h11-32H,7-10H2,1-6H3. The van der Waals surface area contributed by atoms with Gasteiger partial charge in [0.25, 0.3) is 0 Å². The second-order valence-corrected chi connectivity index (χ2v) is 13.5. The summed E-state index contributed by atoms with van der Waals surface area (Å²) in [6, 6.07) is 48.5. The van der Waals surface area contributed by atoms with Crippen molar-refractivity contribution in [2.75, 3.05) is 23.0 Å². The molecule has 7 rings (SSSR count). The third kappa shape index (κ3) is 6.36. The third-order valence-corrected chi connectivity index (χ3v) is 10.3. The van der Waals surface area contributed by atoms with Gasteiger partial charge in [-0.2, -0.15) is 0 Å². The van der Waals surface area contributed by atoms with Crippen LogP contribution in [0.2, 0.25) is 0 Å². The van der Waals surface area contributed by atoms with Gasteiger partial charge >= 0.3 is 0 Å². The molecule has 0 spiro atoms. The fourth-order valence-corrected chi connectivity index (χ4v) is 7.95. The predicted molar refractivity (Wildman–Crippen MR) is 214 cm³/mol. The van der Waals surface area contributed by atoms with Gasteiger partial charge in [0.1, 0.15) is 11.5 Å². The van der Waals surface area contributed by atoms with Gasteiger partial charge in [-0.05, 0) is 147 Å². The van der Waals surface area contributed by atoms with E-state index in [1.165, 1.54) is 39.1 Å². The highest BCUT2D eigenvalue weighted by atomic mass is 16.5. The van der Waals surface area contributed by atoms with Crippen molar-refractivity contribution in [3.05, 3.63) is 156 Å². The summed E-state index contributed by atoms with van der Waals surface area (Å²) >= 11 is 0. The first-order valence-electron chi connectivity index (χ1n) is 18.4. The minimum atomic E-state index is -0.145. The van der Waals surface area contributed by atoms with E-state index in [2.05, 4.69) is 159 Å². The van der Waals surface area contributed by atoms with Gasteiger partial charge in [-0.3, -0.25) is 0 Å². The lowest BCUT2D eigenvalue weighted by Gasteiger charge is -2.33. The lowest BCUT2D eigenvalue weighted by molar-refractivity contribution is 0.340. The number of hydrogen-bond acceptors (Lipinski definition) is 4. The van der Waals surface area contributed by atoms with Crippen molar-refractivity contribution < 1.29 is 9.47 Å². The maximum atomic E-state index is 5.97. The second kappa shape index (κ2) is 14.4. The average molecular weight is 673 g/mol. The lowest BCUT2D eigenvalue weighted by atomic mass is 9.73. The molecule has 0 saturated carbocycles. The predicted octanol–water partition coefficient (Wildman–Crippen LogP) is 13.1. The molecule has 51 heavy (non-hydrogen) atoms. The fourth-order valence-electron chi connectivity index (χ4n) is 7.95. The number of hydrogen-bond donors (Lipinski definition) is 0. The van der Waals surface area contributed by atoms with Gasteiger partial charge in [-0.15, -0.1) is 0 Å². The molecular formula is C47H48N2O2. The Bertz CT molecular complexity index is 2070. The zero-order chi connectivity index (χ0) is 35.5. The van der Waals surface area contributed by atoms with Gasteiger partial charge < -0.3 is 19.3 Å². The molecule has 0 atom stereocenters. The van der Waals surface area contributed by atoms with E-state index >= 15 is 0 Å². The van der Waals surface area contributed by atoms with E-state index in [4.69, 9.17) is 9.47 Å². The molecule has 0 N–H and O–H groups in total. The second-order valence-electron chi connectivity index (χ2n) is 13.5. The van der Waals surface area contributed by atoms with Crippen LogP contribution >= 0.6 is 0 Å². The van der Waals surface area contributed by atoms with E-state index in [0.29, 0.717) is 13.2 Å². The number of benzene rings is 6. The number of aryl methyl sites for hydroxylation is 2. The normalized spacial score (nSPS) is 12.6. The van der Waals surface area contributed by atoms with Crippen molar-refractivity contribution in [2.24, 2.45) is 0 Å². The van der Waals surface area contributed by atoms with Crippen LogP contribution in [-0.4, -0.2) is 13.2 Å². The number of rotatable bonds is 12. The Labute approximate surface area is 303 Å². The maximum Gasteiger partial charge on any atom is 0.121 e. The number of nitrogens with zero attached hydrogens (tertiary/aromatic N) is 2. The van der Waals surface area contributed by atoms with Crippen molar-refractivity contribution in [2.45, 2.75) is 59.8 Å². The first-order valence-corrected chi connectivity index (χ1v) is 18.4. The van der Waals surface area contributed by atoms with Gasteiger partial charge in [0, 0.05) is 51.7 Å². The lowest BCUT2D eigenvalue weighted by Crippen LogP contribution is -2.24. The quantitative estimate of drug-likeness (QED) is 0.129. The molecule has 6 aromatic rings. The van der Waals surface area contributed by atoms with Crippen molar-refractivity contribution >= 4 is 34.1 Å². The summed E-state index contributed by atoms with van der Waals surface area (Å²) in [6.07, 6.45) is 1.98. The molecular weight excluding hydrogens is 625 g/mol. The van der Waals surface area contributed by atoms with Crippen LogP contribution in [0.3, 0.4) is 0 Å². The monoisotopic (exact) mass is 672 g/mol. The first kappa shape index (κ1) is 34.0. The molecule has 258 valence electrons. The highest BCUT2D eigenvalue weighted by molar-refractivity contribution is 5.89. The van der Waals surface area contributed by atoms with E-state index in [9.17, 15) is 0 Å². The van der Waals surface area contributed by atoms with E-state index < -0.39 is 0 Å². The smallest absolute Gasteiger partial charge is 0.121 e. The van der Waals surface area contributed by atoms with Crippen molar-refractivity contribution in [3.8, 4) is 22.6 Å². The fraction of sp³-hybridized carbons (Fsp3) is 0.234. The van der Waals surface area contributed by atoms with Crippen LogP contribution in [0.15, 0.2) is 133 Å². The van der Waals surface area contributed by atoms with Crippen molar-refractivity contribution in [1.82, 2.24) is 0 Å². The molecule has 0 aromatic heterocycles. The zero-order valence-corrected chi connectivity index (χ0v) is 30.7. The molecule has 0 bridgehead atoms. The minimum Gasteiger partial charge on any atom is -0.494 e. The third-order valence-electron chi connectivity index (χ3n) is 10.3. The molecule has 0 amide bonds. The van der Waals surface area contributed by atoms with E-state index in [0.717, 1.165) is 52.8 Å². The summed E-state index contributed by atoms with van der Waals surface area (Å²) < 4.78 is 11.9. The topological polar surface area (TPSA) is 24.9 Å². The Kier molecular flexibility index (Phi) is 9.60. The first-order chi connectivity index (χ1) is 24.9. The van der Waals surface area contributed by atoms with E-state index in [1.807, 2.05) is 26.0 Å². The van der Waals surface area contributed by atoms with Crippen LogP contribution in [-0.2, 0) is 5.41 Å². The highest BCUT2D eigenvalue weighted by Crippen LogP contribution is 2.55. The number of ether oxygens (including phenoxy) is 2. The Morgan fingerprint density at radius 3 is 1.18 bits per heavy atom. The average Bonchev–Trinajstić information content (AvgIpc) is 3.41. The van der Waals surface area contributed by atoms with Gasteiger partial charge in [-0.1, -0.05) is 62.4 Å². The van der Waals surface area contributed by atoms with Gasteiger partial charge in [0.2, 0.25) is 0 Å². The number of anilines is 6. The minimum absolute atomic E-state index is 0.145. The molecule has 1 aliphatic rings. The Balaban J connectivity index is 1.38. The molecule has 0 saturated heterocycles. The van der Waals surface area contributed by atoms with Crippen LogP contribution in [0.5, 0.6) is 11.5 Å². The van der Waals surface area contributed by atoms with Crippen LogP contribution in [0, 0.1) is 13.8 Å². The summed E-state index contributed by atoms with van der Waals surface area (Å²) in [6.45, 7) is 14.3. The summed E-state index contributed by atoms with van der Waals surface area (Å²) in [5, 5.41) is 0. The van der Waals surface area contributed by atoms with Crippen molar-refractivity contribution in [1.29, 1.82) is 0 Å². The molecule has 4 nitrogen and oxygen atoms in total. The maximum absolute atomic E-state index is 5.97. The van der Waals surface area contributed by atoms with Gasteiger partial charge in [0.15, 0.2) is 0 Å². The van der Waals surface area contributed by atoms with E-state index in [-0.39, 0.29) is 5.41 Å². The Morgan fingerprint density at radius 1 is 0.431 bits per heavy atom. The summed E-state index contributed by atoms with van der Waals surface area (Å²) in [7, 11) is 0. The molecule has 1 aliphatic carbocycles. The Morgan fingerprint density at radius 2 is 0.804 bits per heavy atom. The van der Waals surface area contributed by atoms with Crippen LogP contribution in [0.4, 0.5) is 34.1 Å². The van der Waals surface area contributed by atoms with Gasteiger partial charge in [-0.25, -0.2) is 0 Å². The molecule has 4 heteroatoms.